The number of ether oxygens (including phenoxy) is 1. The van der Waals surface area contributed by atoms with Crippen LogP contribution in [0.3, 0.4) is 0 Å². The van der Waals surface area contributed by atoms with Gasteiger partial charge in [-0.3, -0.25) is 0 Å². The molecule has 2 heterocycles. The summed E-state index contributed by atoms with van der Waals surface area (Å²) in [6.45, 7) is 4.78. The Morgan fingerprint density at radius 3 is 2.82 bits per heavy atom. The molecule has 1 aromatic carbocycles. The molecule has 0 amide bonds. The monoisotopic (exact) mass is 562 g/mol. The van der Waals surface area contributed by atoms with E-state index in [9.17, 15) is 0 Å². The van der Waals surface area contributed by atoms with Crippen LogP contribution in [0.1, 0.15) is 30.1 Å². The van der Waals surface area contributed by atoms with Gasteiger partial charge in [-0.25, -0.2) is 4.99 Å². The fourth-order valence-corrected chi connectivity index (χ4v) is 3.42. The number of hydrogen-bond acceptors (Lipinski definition) is 4. The molecule has 154 valence electrons. The zero-order valence-corrected chi connectivity index (χ0v) is 20.5. The fraction of sp³-hybridized carbons (Fsp3) is 0.526. The SMILES string of the molecule is Cc1nnc(CN=C(NCC2CCCO2)N(C)Cc2ccccc2Br)n1C.I. The zero-order chi connectivity index (χ0) is 19.2. The molecule has 1 N–H and O–H groups in total. The number of aliphatic imine (C=N–C) groups is 1. The zero-order valence-electron chi connectivity index (χ0n) is 16.6. The van der Waals surface area contributed by atoms with Crippen LogP contribution in [0, 0.1) is 6.92 Å². The minimum atomic E-state index is 0. The van der Waals surface area contributed by atoms with E-state index in [0.29, 0.717) is 6.54 Å². The number of nitrogens with zero attached hydrogens (tertiary/aromatic N) is 5. The maximum Gasteiger partial charge on any atom is 0.194 e. The summed E-state index contributed by atoms with van der Waals surface area (Å²) in [4.78, 5) is 6.92. The van der Waals surface area contributed by atoms with Crippen molar-refractivity contribution < 1.29 is 4.74 Å². The van der Waals surface area contributed by atoms with Crippen LogP contribution < -0.4 is 5.32 Å². The summed E-state index contributed by atoms with van der Waals surface area (Å²) in [5, 5.41) is 11.8. The second kappa shape index (κ2) is 11.1. The van der Waals surface area contributed by atoms with Gasteiger partial charge < -0.3 is 19.5 Å². The number of aromatic nitrogens is 3. The van der Waals surface area contributed by atoms with E-state index < -0.39 is 0 Å². The maximum absolute atomic E-state index is 5.74. The summed E-state index contributed by atoms with van der Waals surface area (Å²) in [5.74, 6) is 2.57. The highest BCUT2D eigenvalue weighted by Gasteiger charge is 2.17. The average Bonchev–Trinajstić information content (AvgIpc) is 3.28. The molecule has 0 spiro atoms. The second-order valence-corrected chi connectivity index (χ2v) is 7.68. The van der Waals surface area contributed by atoms with Gasteiger partial charge in [-0.15, -0.1) is 34.2 Å². The molecule has 3 rings (SSSR count). The Balaban J connectivity index is 0.00000280. The number of aryl methyl sites for hydroxylation is 1. The molecule has 0 radical (unpaired) electrons. The number of nitrogens with one attached hydrogen (secondary N) is 1. The molecule has 0 aliphatic carbocycles. The highest BCUT2D eigenvalue weighted by Crippen LogP contribution is 2.17. The Bertz CT molecular complexity index is 790. The van der Waals surface area contributed by atoms with E-state index in [4.69, 9.17) is 9.73 Å². The van der Waals surface area contributed by atoms with Gasteiger partial charge in [0, 0.05) is 38.3 Å². The van der Waals surface area contributed by atoms with Crippen molar-refractivity contribution in [2.45, 2.75) is 39.0 Å². The molecule has 9 heteroatoms. The lowest BCUT2D eigenvalue weighted by molar-refractivity contribution is 0.113. The smallest absolute Gasteiger partial charge is 0.194 e. The molecule has 1 aliphatic heterocycles. The fourth-order valence-electron chi connectivity index (χ4n) is 3.01. The van der Waals surface area contributed by atoms with E-state index in [0.717, 1.165) is 54.6 Å². The van der Waals surface area contributed by atoms with Gasteiger partial charge in [0.1, 0.15) is 12.4 Å². The third kappa shape index (κ3) is 6.15. The molecular formula is C19H28BrIN6O. The first-order chi connectivity index (χ1) is 13.0. The van der Waals surface area contributed by atoms with Crippen LogP contribution in [0.4, 0.5) is 0 Å². The number of benzene rings is 1. The van der Waals surface area contributed by atoms with Crippen molar-refractivity contribution in [1.82, 2.24) is 25.0 Å². The van der Waals surface area contributed by atoms with Crippen LogP contribution in [0.2, 0.25) is 0 Å². The van der Waals surface area contributed by atoms with E-state index in [1.54, 1.807) is 0 Å². The summed E-state index contributed by atoms with van der Waals surface area (Å²) in [6, 6.07) is 8.24. The van der Waals surface area contributed by atoms with Crippen molar-refractivity contribution >= 4 is 45.9 Å². The van der Waals surface area contributed by atoms with Crippen molar-refractivity contribution in [3.8, 4) is 0 Å². The van der Waals surface area contributed by atoms with Gasteiger partial charge in [-0.05, 0) is 31.4 Å². The Morgan fingerprint density at radius 1 is 1.39 bits per heavy atom. The molecule has 1 fully saturated rings. The summed E-state index contributed by atoms with van der Waals surface area (Å²) >= 11 is 3.63. The van der Waals surface area contributed by atoms with Gasteiger partial charge in [-0.1, -0.05) is 34.1 Å². The molecule has 1 saturated heterocycles. The van der Waals surface area contributed by atoms with E-state index >= 15 is 0 Å². The van der Waals surface area contributed by atoms with Crippen molar-refractivity contribution in [3.63, 3.8) is 0 Å². The van der Waals surface area contributed by atoms with Crippen LogP contribution in [0.15, 0.2) is 33.7 Å². The highest BCUT2D eigenvalue weighted by atomic mass is 127. The molecule has 1 aromatic heterocycles. The standard InChI is InChI=1S/C19H27BrN6O.HI/c1-14-23-24-18(26(14)3)12-22-19(21-11-16-8-6-10-27-16)25(2)13-15-7-4-5-9-17(15)20;/h4-5,7,9,16H,6,8,10-13H2,1-3H3,(H,21,22);1H. The van der Waals surface area contributed by atoms with E-state index in [1.807, 2.05) is 37.7 Å². The van der Waals surface area contributed by atoms with Crippen LogP contribution >= 0.6 is 39.9 Å². The highest BCUT2D eigenvalue weighted by molar-refractivity contribution is 14.0. The first kappa shape index (κ1) is 23.1. The number of guanidine groups is 1. The molecule has 7 nitrogen and oxygen atoms in total. The third-order valence-corrected chi connectivity index (χ3v) is 5.57. The van der Waals surface area contributed by atoms with Gasteiger partial charge in [0.05, 0.1) is 6.10 Å². The van der Waals surface area contributed by atoms with Crippen molar-refractivity contribution in [2.75, 3.05) is 20.2 Å². The van der Waals surface area contributed by atoms with E-state index in [1.165, 1.54) is 5.56 Å². The van der Waals surface area contributed by atoms with Crippen LogP contribution in [0.5, 0.6) is 0 Å². The summed E-state index contributed by atoms with van der Waals surface area (Å²) in [5.41, 5.74) is 1.21. The molecule has 2 aromatic rings. The van der Waals surface area contributed by atoms with Crippen molar-refractivity contribution in [1.29, 1.82) is 0 Å². The first-order valence-electron chi connectivity index (χ1n) is 9.24. The predicted octanol–water partition coefficient (Wildman–Crippen LogP) is 3.26. The first-order valence-corrected chi connectivity index (χ1v) is 10.0. The van der Waals surface area contributed by atoms with Gasteiger partial charge >= 0.3 is 0 Å². The van der Waals surface area contributed by atoms with Crippen LogP contribution in [-0.4, -0.2) is 51.9 Å². The van der Waals surface area contributed by atoms with Gasteiger partial charge in [0.2, 0.25) is 0 Å². The minimum Gasteiger partial charge on any atom is -0.376 e. The molecular weight excluding hydrogens is 535 g/mol. The van der Waals surface area contributed by atoms with Crippen LogP contribution in [-0.2, 0) is 24.9 Å². The Morgan fingerprint density at radius 2 is 2.18 bits per heavy atom. The Kier molecular flexibility index (Phi) is 9.16. The number of hydrogen-bond donors (Lipinski definition) is 1. The van der Waals surface area contributed by atoms with E-state index in [-0.39, 0.29) is 30.1 Å². The number of halogens is 2. The van der Waals surface area contributed by atoms with E-state index in [2.05, 4.69) is 48.5 Å². The van der Waals surface area contributed by atoms with Crippen molar-refractivity contribution in [2.24, 2.45) is 12.0 Å². The average molecular weight is 563 g/mol. The third-order valence-electron chi connectivity index (χ3n) is 4.79. The Hall–Kier alpha value is -1.20. The lowest BCUT2D eigenvalue weighted by Gasteiger charge is -2.24. The van der Waals surface area contributed by atoms with Crippen molar-refractivity contribution in [3.05, 3.63) is 46.0 Å². The summed E-state index contributed by atoms with van der Waals surface area (Å²) < 4.78 is 8.80. The number of rotatable bonds is 6. The van der Waals surface area contributed by atoms with Gasteiger partial charge in [0.25, 0.3) is 0 Å². The second-order valence-electron chi connectivity index (χ2n) is 6.83. The maximum atomic E-state index is 5.74. The molecule has 0 saturated carbocycles. The Labute approximate surface area is 192 Å². The lowest BCUT2D eigenvalue weighted by atomic mass is 10.2. The minimum absolute atomic E-state index is 0. The van der Waals surface area contributed by atoms with Gasteiger partial charge in [0.15, 0.2) is 11.8 Å². The molecule has 1 atom stereocenters. The topological polar surface area (TPSA) is 67.6 Å². The molecule has 28 heavy (non-hydrogen) atoms. The summed E-state index contributed by atoms with van der Waals surface area (Å²) in [6.07, 6.45) is 2.48. The molecule has 0 bridgehead atoms. The quantitative estimate of drug-likeness (QED) is 0.332. The lowest BCUT2D eigenvalue weighted by Crippen LogP contribution is -2.42. The predicted molar refractivity (Wildman–Crippen MR) is 125 cm³/mol. The van der Waals surface area contributed by atoms with Gasteiger partial charge in [-0.2, -0.15) is 0 Å². The summed E-state index contributed by atoms with van der Waals surface area (Å²) in [7, 11) is 4.01. The molecule has 1 aliphatic rings. The normalized spacial score (nSPS) is 16.7. The largest absolute Gasteiger partial charge is 0.376 e. The molecule has 1 unspecified atom stereocenters. The van der Waals surface area contributed by atoms with Crippen LogP contribution in [0.25, 0.3) is 0 Å².